The molecule has 0 amide bonds. The minimum absolute atomic E-state index is 0.0537. The standard InChI is InChI=1S/C22H12ClN3O3S/c23-19-16-6-2-4-8-18(16)30-20(19)21-24-17-7-3-1-5-15(17)22(27)25(21)13-9-11-14(12-10-13)26(28)29/h1-12H. The Morgan fingerprint density at radius 2 is 1.60 bits per heavy atom. The van der Waals surface area contributed by atoms with Gasteiger partial charge in [-0.2, -0.15) is 0 Å². The molecule has 2 aromatic heterocycles. The van der Waals surface area contributed by atoms with Gasteiger partial charge in [-0.05, 0) is 30.3 Å². The normalized spacial score (nSPS) is 11.2. The van der Waals surface area contributed by atoms with Crippen LogP contribution in [0.1, 0.15) is 0 Å². The SMILES string of the molecule is O=c1c2ccccc2nc(-c2sc3ccccc3c2Cl)n1-c1ccc([N+](=O)[O-])cc1. The molecule has 0 saturated carbocycles. The summed E-state index contributed by atoms with van der Waals surface area (Å²) in [7, 11) is 0. The Labute approximate surface area is 178 Å². The Kier molecular flexibility index (Phi) is 4.34. The number of halogens is 1. The van der Waals surface area contributed by atoms with E-state index in [1.54, 1.807) is 30.3 Å². The van der Waals surface area contributed by atoms with Gasteiger partial charge in [0, 0.05) is 22.2 Å². The summed E-state index contributed by atoms with van der Waals surface area (Å²) in [6.07, 6.45) is 0. The first-order valence-electron chi connectivity index (χ1n) is 8.98. The lowest BCUT2D eigenvalue weighted by molar-refractivity contribution is -0.384. The van der Waals surface area contributed by atoms with Crippen molar-refractivity contribution < 1.29 is 4.92 Å². The average Bonchev–Trinajstić information content (AvgIpc) is 3.10. The van der Waals surface area contributed by atoms with Gasteiger partial charge in [0.25, 0.3) is 11.2 Å². The van der Waals surface area contributed by atoms with Gasteiger partial charge in [0.15, 0.2) is 5.82 Å². The third kappa shape index (κ3) is 2.87. The van der Waals surface area contributed by atoms with Crippen LogP contribution in [-0.4, -0.2) is 14.5 Å². The minimum atomic E-state index is -0.477. The van der Waals surface area contributed by atoms with Crippen LogP contribution in [0.2, 0.25) is 5.02 Å². The van der Waals surface area contributed by atoms with Crippen LogP contribution in [0.15, 0.2) is 77.6 Å². The largest absolute Gasteiger partial charge is 0.269 e. The molecular formula is C22H12ClN3O3S. The van der Waals surface area contributed by atoms with E-state index < -0.39 is 4.92 Å². The van der Waals surface area contributed by atoms with Crippen LogP contribution >= 0.6 is 22.9 Å². The maximum Gasteiger partial charge on any atom is 0.269 e. The van der Waals surface area contributed by atoms with Gasteiger partial charge in [-0.3, -0.25) is 19.5 Å². The maximum absolute atomic E-state index is 13.4. The average molecular weight is 434 g/mol. The number of hydrogen-bond acceptors (Lipinski definition) is 5. The number of benzene rings is 3. The van der Waals surface area contributed by atoms with Crippen LogP contribution in [0.4, 0.5) is 5.69 Å². The van der Waals surface area contributed by atoms with Crippen molar-refractivity contribution in [3.63, 3.8) is 0 Å². The molecule has 5 rings (SSSR count). The summed E-state index contributed by atoms with van der Waals surface area (Å²) in [4.78, 5) is 29.4. The number of rotatable bonds is 3. The highest BCUT2D eigenvalue weighted by Crippen LogP contribution is 2.41. The molecule has 0 bridgehead atoms. The molecule has 0 atom stereocenters. The van der Waals surface area contributed by atoms with E-state index in [0.717, 1.165) is 10.1 Å². The Balaban J connectivity index is 1.86. The van der Waals surface area contributed by atoms with Crippen molar-refractivity contribution in [3.05, 3.63) is 98.3 Å². The molecule has 146 valence electrons. The van der Waals surface area contributed by atoms with E-state index in [9.17, 15) is 14.9 Å². The second-order valence-electron chi connectivity index (χ2n) is 6.61. The summed E-state index contributed by atoms with van der Waals surface area (Å²) in [6, 6.07) is 20.6. The molecule has 0 aliphatic carbocycles. The number of nitrogens with zero attached hydrogens (tertiary/aromatic N) is 3. The van der Waals surface area contributed by atoms with Crippen LogP contribution < -0.4 is 5.56 Å². The summed E-state index contributed by atoms with van der Waals surface area (Å²) in [5.74, 6) is 0.402. The zero-order valence-electron chi connectivity index (χ0n) is 15.3. The van der Waals surface area contributed by atoms with E-state index >= 15 is 0 Å². The maximum atomic E-state index is 13.4. The van der Waals surface area contributed by atoms with E-state index in [-0.39, 0.29) is 11.2 Å². The van der Waals surface area contributed by atoms with Gasteiger partial charge >= 0.3 is 0 Å². The van der Waals surface area contributed by atoms with Gasteiger partial charge in [0.05, 0.1) is 31.4 Å². The molecule has 0 aliphatic heterocycles. The highest BCUT2D eigenvalue weighted by Gasteiger charge is 2.20. The van der Waals surface area contributed by atoms with E-state index in [0.29, 0.717) is 32.3 Å². The Morgan fingerprint density at radius 3 is 2.30 bits per heavy atom. The van der Waals surface area contributed by atoms with E-state index in [2.05, 4.69) is 0 Å². The van der Waals surface area contributed by atoms with Crippen LogP contribution in [0.25, 0.3) is 37.4 Å². The molecule has 2 heterocycles. The smallest absolute Gasteiger partial charge is 0.268 e. The zero-order valence-corrected chi connectivity index (χ0v) is 16.9. The lowest BCUT2D eigenvalue weighted by atomic mass is 10.2. The highest BCUT2D eigenvalue weighted by atomic mass is 35.5. The Morgan fingerprint density at radius 1 is 0.933 bits per heavy atom. The van der Waals surface area contributed by atoms with Gasteiger partial charge in [-0.15, -0.1) is 11.3 Å². The van der Waals surface area contributed by atoms with Crippen LogP contribution in [-0.2, 0) is 0 Å². The van der Waals surface area contributed by atoms with Crippen molar-refractivity contribution in [2.75, 3.05) is 0 Å². The second-order valence-corrected chi connectivity index (χ2v) is 8.04. The molecule has 0 fully saturated rings. The third-order valence-corrected chi connectivity index (χ3v) is 6.50. The summed E-state index contributed by atoms with van der Waals surface area (Å²) < 4.78 is 2.44. The van der Waals surface area contributed by atoms with Gasteiger partial charge in [0.2, 0.25) is 0 Å². The fraction of sp³-hybridized carbons (Fsp3) is 0. The molecule has 3 aromatic carbocycles. The van der Waals surface area contributed by atoms with Crippen LogP contribution in [0, 0.1) is 10.1 Å². The lowest BCUT2D eigenvalue weighted by Gasteiger charge is -2.13. The van der Waals surface area contributed by atoms with E-state index in [4.69, 9.17) is 16.6 Å². The molecule has 0 aliphatic rings. The highest BCUT2D eigenvalue weighted by molar-refractivity contribution is 7.23. The van der Waals surface area contributed by atoms with Gasteiger partial charge in [-0.25, -0.2) is 4.98 Å². The van der Waals surface area contributed by atoms with E-state index in [1.807, 2.05) is 30.3 Å². The molecule has 6 nitrogen and oxygen atoms in total. The number of nitro benzene ring substituents is 1. The quantitative estimate of drug-likeness (QED) is 0.265. The number of nitro groups is 1. The fourth-order valence-corrected chi connectivity index (χ4v) is 4.90. The molecule has 0 N–H and O–H groups in total. The molecule has 0 spiro atoms. The molecule has 0 radical (unpaired) electrons. The molecule has 30 heavy (non-hydrogen) atoms. The number of aromatic nitrogens is 2. The number of fused-ring (bicyclic) bond motifs is 2. The topological polar surface area (TPSA) is 78.0 Å². The second kappa shape index (κ2) is 7.05. The van der Waals surface area contributed by atoms with Crippen molar-refractivity contribution >= 4 is 49.6 Å². The molecule has 0 unspecified atom stereocenters. The number of thiophene rings is 1. The van der Waals surface area contributed by atoms with Crippen molar-refractivity contribution in [2.24, 2.45) is 0 Å². The predicted molar refractivity (Wildman–Crippen MR) is 120 cm³/mol. The zero-order chi connectivity index (χ0) is 20.8. The molecule has 0 saturated heterocycles. The van der Waals surface area contributed by atoms with E-state index in [1.165, 1.54) is 28.0 Å². The number of hydrogen-bond donors (Lipinski definition) is 0. The lowest BCUT2D eigenvalue weighted by Crippen LogP contribution is -2.21. The predicted octanol–water partition coefficient (Wildman–Crippen LogP) is 5.83. The first kappa shape index (κ1) is 18.5. The van der Waals surface area contributed by atoms with Gasteiger partial charge in [0.1, 0.15) is 0 Å². The first-order chi connectivity index (χ1) is 14.5. The van der Waals surface area contributed by atoms with Gasteiger partial charge < -0.3 is 0 Å². The summed E-state index contributed by atoms with van der Waals surface area (Å²) in [5, 5.41) is 12.9. The van der Waals surface area contributed by atoms with Crippen LogP contribution in [0.5, 0.6) is 0 Å². The van der Waals surface area contributed by atoms with Crippen LogP contribution in [0.3, 0.4) is 0 Å². The summed E-state index contributed by atoms with van der Waals surface area (Å²) in [6.45, 7) is 0. The van der Waals surface area contributed by atoms with Crippen molar-refractivity contribution in [1.29, 1.82) is 0 Å². The van der Waals surface area contributed by atoms with Crippen molar-refractivity contribution in [1.82, 2.24) is 9.55 Å². The number of para-hydroxylation sites is 1. The monoisotopic (exact) mass is 433 g/mol. The first-order valence-corrected chi connectivity index (χ1v) is 10.2. The Hall–Kier alpha value is -3.55. The Bertz CT molecular complexity index is 1510. The molecule has 5 aromatic rings. The summed E-state index contributed by atoms with van der Waals surface area (Å²) >= 11 is 8.14. The summed E-state index contributed by atoms with van der Waals surface area (Å²) in [5.41, 5.74) is 0.719. The third-order valence-electron chi connectivity index (χ3n) is 4.83. The number of non-ortho nitro benzene ring substituents is 1. The molecular weight excluding hydrogens is 422 g/mol. The fourth-order valence-electron chi connectivity index (χ4n) is 3.41. The minimum Gasteiger partial charge on any atom is -0.268 e. The molecule has 8 heteroatoms. The van der Waals surface area contributed by atoms with Crippen molar-refractivity contribution in [2.45, 2.75) is 0 Å². The van der Waals surface area contributed by atoms with Gasteiger partial charge in [-0.1, -0.05) is 41.9 Å². The van der Waals surface area contributed by atoms with Crippen molar-refractivity contribution in [3.8, 4) is 16.4 Å².